The van der Waals surface area contributed by atoms with Gasteiger partial charge in [-0.1, -0.05) is 41.9 Å². The quantitative estimate of drug-likeness (QED) is 0.253. The Kier molecular flexibility index (Phi) is 7.79. The number of hydrogen-bond acceptors (Lipinski definition) is 7. The minimum atomic E-state index is -0.925. The first kappa shape index (κ1) is 27.9. The lowest BCUT2D eigenvalue weighted by Crippen LogP contribution is -2.44. The topological polar surface area (TPSA) is 90.9 Å². The van der Waals surface area contributed by atoms with E-state index in [2.05, 4.69) is 9.97 Å². The van der Waals surface area contributed by atoms with Crippen LogP contribution in [0.1, 0.15) is 41.5 Å². The van der Waals surface area contributed by atoms with Crippen molar-refractivity contribution in [1.29, 1.82) is 0 Å². The number of hydrogen-bond donors (Lipinski definition) is 0. The molecule has 0 saturated heterocycles. The molecular weight excluding hydrogens is 518 g/mol. The summed E-state index contributed by atoms with van der Waals surface area (Å²) in [6.07, 6.45) is -0.573. The lowest BCUT2D eigenvalue weighted by Gasteiger charge is -2.28. The summed E-state index contributed by atoms with van der Waals surface area (Å²) in [4.78, 5) is 36.3. The predicted molar refractivity (Wildman–Crippen MR) is 151 cm³/mol. The summed E-state index contributed by atoms with van der Waals surface area (Å²) < 4.78 is 17.4. The van der Waals surface area contributed by atoms with Gasteiger partial charge in [-0.15, -0.1) is 0 Å². The highest BCUT2D eigenvalue weighted by Gasteiger charge is 2.35. The normalized spacial score (nSPS) is 11.7. The van der Waals surface area contributed by atoms with Crippen molar-refractivity contribution in [3.63, 3.8) is 0 Å². The van der Waals surface area contributed by atoms with Crippen LogP contribution < -0.4 is 9.64 Å². The molecule has 1 heterocycles. The van der Waals surface area contributed by atoms with Gasteiger partial charge in [-0.3, -0.25) is 0 Å². The molecule has 0 aliphatic carbocycles. The van der Waals surface area contributed by atoms with Crippen molar-refractivity contribution in [3.05, 3.63) is 78.1 Å². The van der Waals surface area contributed by atoms with E-state index < -0.39 is 23.4 Å². The highest BCUT2D eigenvalue weighted by Crippen LogP contribution is 2.41. The molecule has 39 heavy (non-hydrogen) atoms. The lowest BCUT2D eigenvalue weighted by molar-refractivity contribution is 0.0429. The summed E-state index contributed by atoms with van der Waals surface area (Å²) in [5.41, 5.74) is 0.0273. The molecule has 0 aliphatic heterocycles. The van der Waals surface area contributed by atoms with Gasteiger partial charge in [0.1, 0.15) is 29.0 Å². The Bertz CT molecular complexity index is 1480. The van der Waals surface area contributed by atoms with Gasteiger partial charge in [0.15, 0.2) is 5.82 Å². The molecule has 202 valence electrons. The maximum absolute atomic E-state index is 13.3. The van der Waals surface area contributed by atoms with E-state index in [1.165, 1.54) is 6.33 Å². The summed E-state index contributed by atoms with van der Waals surface area (Å²) >= 11 is 6.34. The average molecular weight is 548 g/mol. The number of carbonyl (C=O) groups excluding carboxylic acids is 2. The number of anilines is 1. The lowest BCUT2D eigenvalue weighted by atomic mass is 10.0. The summed E-state index contributed by atoms with van der Waals surface area (Å²) in [6.45, 7) is 10.3. The van der Waals surface area contributed by atoms with Crippen LogP contribution in [0.3, 0.4) is 0 Å². The fourth-order valence-electron chi connectivity index (χ4n) is 3.76. The van der Waals surface area contributed by atoms with Crippen molar-refractivity contribution in [1.82, 2.24) is 9.97 Å². The Morgan fingerprint density at radius 2 is 1.44 bits per heavy atom. The Morgan fingerprint density at radius 3 is 2.03 bits per heavy atom. The SMILES string of the molecule is CC(C)(C)OC(=O)N(C(=O)OC(C)(C)C)c1ncnc2c(-c3cccc(Cl)c3)c(Oc3ccccc3)ccc12. The van der Waals surface area contributed by atoms with Gasteiger partial charge in [0.2, 0.25) is 0 Å². The van der Waals surface area contributed by atoms with E-state index in [1.54, 1.807) is 65.8 Å². The monoisotopic (exact) mass is 547 g/mol. The van der Waals surface area contributed by atoms with Crippen molar-refractivity contribution in [3.8, 4) is 22.6 Å². The minimum absolute atomic E-state index is 0.0121. The highest BCUT2D eigenvalue weighted by atomic mass is 35.5. The molecule has 0 fully saturated rings. The van der Waals surface area contributed by atoms with Gasteiger partial charge in [-0.05, 0) is 83.5 Å². The average Bonchev–Trinajstić information content (AvgIpc) is 2.82. The Balaban J connectivity index is 1.95. The molecule has 9 heteroatoms. The molecule has 3 aromatic carbocycles. The van der Waals surface area contributed by atoms with Gasteiger partial charge < -0.3 is 14.2 Å². The number of imide groups is 1. The molecule has 0 atom stereocenters. The van der Waals surface area contributed by atoms with Gasteiger partial charge in [0.05, 0.1) is 11.1 Å². The number of aromatic nitrogens is 2. The largest absolute Gasteiger partial charge is 0.457 e. The number of para-hydroxylation sites is 1. The van der Waals surface area contributed by atoms with Crippen LogP contribution in [0.2, 0.25) is 5.02 Å². The van der Waals surface area contributed by atoms with Crippen molar-refractivity contribution in [2.75, 3.05) is 4.90 Å². The van der Waals surface area contributed by atoms with Crippen LogP contribution in [0.5, 0.6) is 11.5 Å². The zero-order valence-electron chi connectivity index (χ0n) is 22.7. The van der Waals surface area contributed by atoms with Crippen LogP contribution in [0.25, 0.3) is 22.0 Å². The molecule has 8 nitrogen and oxygen atoms in total. The number of ether oxygens (including phenoxy) is 3. The first-order chi connectivity index (χ1) is 18.3. The minimum Gasteiger partial charge on any atom is -0.457 e. The highest BCUT2D eigenvalue weighted by molar-refractivity contribution is 6.31. The van der Waals surface area contributed by atoms with Crippen LogP contribution >= 0.6 is 11.6 Å². The standard InChI is InChI=1S/C30H30ClN3O5/c1-29(2,3)38-27(35)34(28(36)39-30(4,5)6)26-22-15-16-23(37-21-13-8-7-9-14-21)24(25(22)32-18-33-26)19-11-10-12-20(31)17-19/h7-18H,1-6H3. The molecule has 0 N–H and O–H groups in total. The van der Waals surface area contributed by atoms with E-state index in [9.17, 15) is 9.59 Å². The number of benzene rings is 3. The number of halogens is 1. The number of rotatable bonds is 4. The fraction of sp³-hybridized carbons (Fsp3) is 0.267. The summed E-state index contributed by atoms with van der Waals surface area (Å²) in [6, 6.07) is 20.0. The molecule has 0 aliphatic rings. The third kappa shape index (κ3) is 6.83. The van der Waals surface area contributed by atoms with Crippen molar-refractivity contribution >= 4 is 40.5 Å². The van der Waals surface area contributed by atoms with E-state index in [0.29, 0.717) is 33.0 Å². The molecule has 2 amide bonds. The summed E-state index contributed by atoms with van der Waals surface area (Å²) in [5, 5.41) is 0.929. The number of fused-ring (bicyclic) bond motifs is 1. The van der Waals surface area contributed by atoms with Crippen LogP contribution in [-0.4, -0.2) is 33.4 Å². The maximum Gasteiger partial charge on any atom is 0.425 e. The zero-order valence-corrected chi connectivity index (χ0v) is 23.4. The molecule has 0 unspecified atom stereocenters. The van der Waals surface area contributed by atoms with Crippen molar-refractivity contribution in [2.24, 2.45) is 0 Å². The summed E-state index contributed by atoms with van der Waals surface area (Å²) in [5.74, 6) is 1.14. The second-order valence-electron chi connectivity index (χ2n) is 10.8. The van der Waals surface area contributed by atoms with Gasteiger partial charge in [0.25, 0.3) is 0 Å². The molecule has 1 aromatic heterocycles. The van der Waals surface area contributed by atoms with E-state index in [-0.39, 0.29) is 5.82 Å². The Morgan fingerprint density at radius 1 is 0.795 bits per heavy atom. The van der Waals surface area contributed by atoms with Crippen LogP contribution in [0.15, 0.2) is 73.1 Å². The zero-order chi connectivity index (χ0) is 28.4. The Labute approximate surface area is 232 Å². The predicted octanol–water partition coefficient (Wildman–Crippen LogP) is 8.42. The molecule has 0 bridgehead atoms. The fourth-order valence-corrected chi connectivity index (χ4v) is 3.95. The van der Waals surface area contributed by atoms with Gasteiger partial charge in [0, 0.05) is 10.4 Å². The third-order valence-corrected chi connectivity index (χ3v) is 5.43. The molecular formula is C30H30ClN3O5. The van der Waals surface area contributed by atoms with E-state index >= 15 is 0 Å². The van der Waals surface area contributed by atoms with E-state index in [0.717, 1.165) is 10.5 Å². The third-order valence-electron chi connectivity index (χ3n) is 5.20. The molecule has 0 spiro atoms. The van der Waals surface area contributed by atoms with Crippen LogP contribution in [0.4, 0.5) is 15.4 Å². The van der Waals surface area contributed by atoms with Gasteiger partial charge in [-0.25, -0.2) is 19.6 Å². The van der Waals surface area contributed by atoms with E-state index in [4.69, 9.17) is 25.8 Å². The molecule has 0 saturated carbocycles. The first-order valence-electron chi connectivity index (χ1n) is 12.3. The van der Waals surface area contributed by atoms with Crippen molar-refractivity contribution < 1.29 is 23.8 Å². The van der Waals surface area contributed by atoms with Crippen molar-refractivity contribution in [2.45, 2.75) is 52.7 Å². The van der Waals surface area contributed by atoms with Crippen LogP contribution in [-0.2, 0) is 9.47 Å². The first-order valence-corrected chi connectivity index (χ1v) is 12.7. The van der Waals surface area contributed by atoms with Gasteiger partial charge in [-0.2, -0.15) is 4.90 Å². The second kappa shape index (κ2) is 10.9. The number of amides is 2. The number of nitrogens with zero attached hydrogens (tertiary/aromatic N) is 3. The summed E-state index contributed by atoms with van der Waals surface area (Å²) in [7, 11) is 0. The van der Waals surface area contributed by atoms with E-state index in [1.807, 2.05) is 42.5 Å². The van der Waals surface area contributed by atoms with Crippen LogP contribution in [0, 0.1) is 0 Å². The Hall–Kier alpha value is -4.17. The van der Waals surface area contributed by atoms with Gasteiger partial charge >= 0.3 is 12.2 Å². The smallest absolute Gasteiger partial charge is 0.425 e. The molecule has 4 rings (SSSR count). The molecule has 4 aromatic rings. The molecule has 0 radical (unpaired) electrons. The second-order valence-corrected chi connectivity index (χ2v) is 11.2. The number of carbonyl (C=O) groups is 2. The maximum atomic E-state index is 13.3.